The standard InChI is InChI=1S/C32H27N5O2S/c1-36-27-13-6-5-12-26(27)35-30(36)21-37(32(39)22-9-3-2-4-10-22)25-14-15-28-23(19-25)20-29(40-28)31(38)34-18-16-24-11-7-8-17-33-24/h2-15,17,19-20H,16,18,21H2,1H3,(H,34,38). The number of hydrogen-bond acceptors (Lipinski definition) is 5. The molecule has 0 atom stereocenters. The molecule has 3 heterocycles. The average molecular weight is 546 g/mol. The van der Waals surface area contributed by atoms with Crippen LogP contribution in [0.25, 0.3) is 21.1 Å². The summed E-state index contributed by atoms with van der Waals surface area (Å²) in [6.45, 7) is 0.808. The zero-order chi connectivity index (χ0) is 27.5. The second kappa shape index (κ2) is 11.1. The Labute approximate surface area is 235 Å². The molecule has 0 saturated carbocycles. The first-order chi connectivity index (χ1) is 19.6. The van der Waals surface area contributed by atoms with Crippen molar-refractivity contribution in [3.8, 4) is 0 Å². The number of pyridine rings is 1. The molecule has 0 fully saturated rings. The highest BCUT2D eigenvalue weighted by atomic mass is 32.1. The molecule has 1 N–H and O–H groups in total. The molecule has 0 aliphatic heterocycles. The molecule has 0 aliphatic rings. The van der Waals surface area contributed by atoms with E-state index in [1.54, 1.807) is 11.1 Å². The molecular formula is C32H27N5O2S. The number of amides is 2. The summed E-state index contributed by atoms with van der Waals surface area (Å²) in [5.74, 6) is 0.550. The van der Waals surface area contributed by atoms with Crippen LogP contribution in [0.3, 0.4) is 0 Å². The lowest BCUT2D eigenvalue weighted by molar-refractivity contribution is 0.0956. The zero-order valence-electron chi connectivity index (χ0n) is 21.9. The number of carbonyl (C=O) groups excluding carboxylic acids is 2. The van der Waals surface area contributed by atoms with Crippen LogP contribution in [0, 0.1) is 0 Å². The van der Waals surface area contributed by atoms with E-state index in [0.29, 0.717) is 30.0 Å². The van der Waals surface area contributed by atoms with Crippen molar-refractivity contribution in [2.24, 2.45) is 7.05 Å². The Kier molecular flexibility index (Phi) is 7.08. The maximum Gasteiger partial charge on any atom is 0.261 e. The highest BCUT2D eigenvalue weighted by Gasteiger charge is 2.22. The first-order valence-corrected chi connectivity index (χ1v) is 13.9. The number of aromatic nitrogens is 3. The van der Waals surface area contributed by atoms with Crippen LogP contribution in [0.2, 0.25) is 0 Å². The summed E-state index contributed by atoms with van der Waals surface area (Å²) >= 11 is 1.44. The molecule has 198 valence electrons. The van der Waals surface area contributed by atoms with Crippen LogP contribution in [0.4, 0.5) is 5.69 Å². The summed E-state index contributed by atoms with van der Waals surface area (Å²) in [4.78, 5) is 38.2. The van der Waals surface area contributed by atoms with Crippen LogP contribution in [-0.4, -0.2) is 32.9 Å². The molecule has 0 spiro atoms. The number of benzene rings is 3. The number of imidazole rings is 1. The van der Waals surface area contributed by atoms with E-state index in [-0.39, 0.29) is 11.8 Å². The number of fused-ring (bicyclic) bond motifs is 2. The minimum absolute atomic E-state index is 0.115. The van der Waals surface area contributed by atoms with Crippen LogP contribution in [0.5, 0.6) is 0 Å². The third kappa shape index (κ3) is 5.21. The van der Waals surface area contributed by atoms with E-state index in [1.807, 2.05) is 109 Å². The molecule has 0 unspecified atom stereocenters. The van der Waals surface area contributed by atoms with Gasteiger partial charge < -0.3 is 14.8 Å². The minimum Gasteiger partial charge on any atom is -0.351 e. The van der Waals surface area contributed by atoms with Gasteiger partial charge in [0, 0.05) is 47.9 Å². The van der Waals surface area contributed by atoms with Gasteiger partial charge >= 0.3 is 0 Å². The van der Waals surface area contributed by atoms with E-state index in [4.69, 9.17) is 4.98 Å². The summed E-state index contributed by atoms with van der Waals surface area (Å²) < 4.78 is 3.00. The molecule has 0 bridgehead atoms. The van der Waals surface area contributed by atoms with Crippen molar-refractivity contribution >= 4 is 50.0 Å². The molecule has 40 heavy (non-hydrogen) atoms. The number of thiophene rings is 1. The molecule has 0 saturated heterocycles. The van der Waals surface area contributed by atoms with E-state index < -0.39 is 0 Å². The Morgan fingerprint density at radius 1 is 0.925 bits per heavy atom. The van der Waals surface area contributed by atoms with Gasteiger partial charge in [-0.05, 0) is 66.0 Å². The maximum absolute atomic E-state index is 13.8. The second-order valence-corrected chi connectivity index (χ2v) is 10.6. The van der Waals surface area contributed by atoms with Gasteiger partial charge in [-0.25, -0.2) is 4.98 Å². The van der Waals surface area contributed by atoms with Crippen LogP contribution in [-0.2, 0) is 20.0 Å². The lowest BCUT2D eigenvalue weighted by Gasteiger charge is -2.23. The van der Waals surface area contributed by atoms with Crippen LogP contribution in [0.1, 0.15) is 31.5 Å². The lowest BCUT2D eigenvalue weighted by Crippen LogP contribution is -2.31. The SMILES string of the molecule is Cn1c(CN(C(=O)c2ccccc2)c2ccc3sc(C(=O)NCCc4ccccn4)cc3c2)nc2ccccc21. The maximum atomic E-state index is 13.8. The third-order valence-electron chi connectivity index (χ3n) is 6.87. The molecule has 2 amide bonds. The lowest BCUT2D eigenvalue weighted by atomic mass is 10.1. The van der Waals surface area contributed by atoms with Gasteiger partial charge in [0.15, 0.2) is 0 Å². The number of rotatable bonds is 8. The Morgan fingerprint density at radius 3 is 2.52 bits per heavy atom. The Hall–Kier alpha value is -4.82. The number of nitrogens with one attached hydrogen (secondary N) is 1. The smallest absolute Gasteiger partial charge is 0.261 e. The molecular weight excluding hydrogens is 518 g/mol. The predicted molar refractivity (Wildman–Crippen MR) is 160 cm³/mol. The number of carbonyl (C=O) groups is 2. The second-order valence-electron chi connectivity index (χ2n) is 9.49. The van der Waals surface area contributed by atoms with Crippen molar-refractivity contribution < 1.29 is 9.59 Å². The topological polar surface area (TPSA) is 80.1 Å². The molecule has 8 heteroatoms. The Morgan fingerprint density at radius 2 is 1.73 bits per heavy atom. The molecule has 0 aliphatic carbocycles. The van der Waals surface area contributed by atoms with E-state index in [2.05, 4.69) is 10.3 Å². The highest BCUT2D eigenvalue weighted by Crippen LogP contribution is 2.31. The third-order valence-corrected chi connectivity index (χ3v) is 7.99. The first kappa shape index (κ1) is 25.5. The fourth-order valence-electron chi connectivity index (χ4n) is 4.74. The Balaban J connectivity index is 1.28. The van der Waals surface area contributed by atoms with Crippen molar-refractivity contribution in [2.45, 2.75) is 13.0 Å². The number of aryl methyl sites for hydroxylation is 1. The van der Waals surface area contributed by atoms with Gasteiger partial charge in [0.05, 0.1) is 22.5 Å². The van der Waals surface area contributed by atoms with Gasteiger partial charge in [-0.3, -0.25) is 14.6 Å². The average Bonchev–Trinajstić information content (AvgIpc) is 3.57. The summed E-state index contributed by atoms with van der Waals surface area (Å²) in [6, 6.07) is 30.7. The summed E-state index contributed by atoms with van der Waals surface area (Å²) in [7, 11) is 1.97. The van der Waals surface area contributed by atoms with E-state index >= 15 is 0 Å². The molecule has 0 radical (unpaired) electrons. The predicted octanol–water partition coefficient (Wildman–Crippen LogP) is 6.00. The van der Waals surface area contributed by atoms with Crippen molar-refractivity contribution in [1.29, 1.82) is 0 Å². The van der Waals surface area contributed by atoms with E-state index in [9.17, 15) is 9.59 Å². The highest BCUT2D eigenvalue weighted by molar-refractivity contribution is 7.20. The van der Waals surface area contributed by atoms with Gasteiger partial charge in [-0.2, -0.15) is 0 Å². The van der Waals surface area contributed by atoms with E-state index in [1.165, 1.54) is 11.3 Å². The number of anilines is 1. The number of para-hydroxylation sites is 2. The molecule has 3 aromatic carbocycles. The van der Waals surface area contributed by atoms with Crippen molar-refractivity contribution in [3.05, 3.63) is 125 Å². The van der Waals surface area contributed by atoms with Crippen LogP contribution < -0.4 is 10.2 Å². The quantitative estimate of drug-likeness (QED) is 0.254. The molecule has 6 aromatic rings. The number of nitrogens with zero attached hydrogens (tertiary/aromatic N) is 4. The van der Waals surface area contributed by atoms with Crippen LogP contribution >= 0.6 is 11.3 Å². The fourth-order valence-corrected chi connectivity index (χ4v) is 5.70. The van der Waals surface area contributed by atoms with Crippen molar-refractivity contribution in [3.63, 3.8) is 0 Å². The molecule has 6 rings (SSSR count). The van der Waals surface area contributed by atoms with Gasteiger partial charge in [0.25, 0.3) is 11.8 Å². The summed E-state index contributed by atoms with van der Waals surface area (Å²) in [5.41, 5.74) is 4.18. The largest absolute Gasteiger partial charge is 0.351 e. The Bertz CT molecular complexity index is 1810. The molecule has 3 aromatic heterocycles. The van der Waals surface area contributed by atoms with Crippen molar-refractivity contribution in [1.82, 2.24) is 19.9 Å². The summed E-state index contributed by atoms with van der Waals surface area (Å²) in [5, 5.41) is 3.90. The normalized spacial score (nSPS) is 11.1. The van der Waals surface area contributed by atoms with Gasteiger partial charge in [0.1, 0.15) is 5.82 Å². The number of hydrogen-bond donors (Lipinski definition) is 1. The summed E-state index contributed by atoms with van der Waals surface area (Å²) in [6.07, 6.45) is 2.42. The first-order valence-electron chi connectivity index (χ1n) is 13.1. The fraction of sp³-hybridized carbons (Fsp3) is 0.125. The minimum atomic E-state index is -0.116. The van der Waals surface area contributed by atoms with E-state index in [0.717, 1.165) is 38.3 Å². The monoisotopic (exact) mass is 545 g/mol. The zero-order valence-corrected chi connectivity index (χ0v) is 22.8. The molecule has 7 nitrogen and oxygen atoms in total. The van der Waals surface area contributed by atoms with Crippen LogP contribution in [0.15, 0.2) is 103 Å². The van der Waals surface area contributed by atoms with Gasteiger partial charge in [-0.1, -0.05) is 36.4 Å². The van der Waals surface area contributed by atoms with Gasteiger partial charge in [0.2, 0.25) is 0 Å². The van der Waals surface area contributed by atoms with Crippen molar-refractivity contribution in [2.75, 3.05) is 11.4 Å². The van der Waals surface area contributed by atoms with Gasteiger partial charge in [-0.15, -0.1) is 11.3 Å².